The molecule has 1 aliphatic rings. The number of fused-ring (bicyclic) bond motifs is 2. The van der Waals surface area contributed by atoms with Gasteiger partial charge in [0, 0.05) is 29.1 Å². The lowest BCUT2D eigenvalue weighted by atomic mass is 9.96. The van der Waals surface area contributed by atoms with Crippen molar-refractivity contribution in [3.63, 3.8) is 0 Å². The number of hydrogen-bond donors (Lipinski definition) is 0. The minimum Gasteiger partial charge on any atom is -0.497 e. The highest BCUT2D eigenvalue weighted by atomic mass is 16.5. The fourth-order valence-electron chi connectivity index (χ4n) is 4.71. The van der Waals surface area contributed by atoms with E-state index >= 15 is 0 Å². The zero-order valence-corrected chi connectivity index (χ0v) is 21.3. The van der Waals surface area contributed by atoms with E-state index in [2.05, 4.69) is 0 Å². The molecule has 0 saturated heterocycles. The summed E-state index contributed by atoms with van der Waals surface area (Å²) in [5.41, 5.74) is 4.09. The second-order valence-electron chi connectivity index (χ2n) is 8.76. The van der Waals surface area contributed by atoms with Gasteiger partial charge < -0.3 is 28.3 Å². The van der Waals surface area contributed by atoms with E-state index in [1.165, 1.54) is 32.4 Å². The highest BCUT2D eigenvalue weighted by Gasteiger charge is 2.27. The molecule has 38 heavy (non-hydrogen) atoms. The zero-order valence-electron chi connectivity index (χ0n) is 21.3. The number of anilines is 1. The summed E-state index contributed by atoms with van der Waals surface area (Å²) in [4.78, 5) is 39.0. The SMILES string of the molecule is COC(=O)c1ccc(C(=O)OC)c(N2COc3c(cc4c(-c5ccc(OC)cc5)cc(=O)oc4c3C)C2)c1. The Balaban J connectivity index is 1.63. The van der Waals surface area contributed by atoms with Gasteiger partial charge in [-0.25, -0.2) is 14.4 Å². The zero-order chi connectivity index (χ0) is 27.0. The molecular formula is C29H25NO8. The number of hydrogen-bond acceptors (Lipinski definition) is 9. The van der Waals surface area contributed by atoms with Crippen LogP contribution >= 0.6 is 0 Å². The maximum Gasteiger partial charge on any atom is 0.339 e. The summed E-state index contributed by atoms with van der Waals surface area (Å²) < 4.78 is 26.8. The van der Waals surface area contributed by atoms with Gasteiger partial charge in [0.15, 0.2) is 6.73 Å². The van der Waals surface area contributed by atoms with Crippen molar-refractivity contribution in [3.8, 4) is 22.6 Å². The van der Waals surface area contributed by atoms with Crippen LogP contribution in [0.15, 0.2) is 63.8 Å². The fraction of sp³-hybridized carbons (Fsp3) is 0.207. The van der Waals surface area contributed by atoms with E-state index in [1.807, 2.05) is 42.2 Å². The van der Waals surface area contributed by atoms with Crippen molar-refractivity contribution in [2.24, 2.45) is 0 Å². The van der Waals surface area contributed by atoms with Crippen LogP contribution in [0.2, 0.25) is 0 Å². The number of rotatable bonds is 5. The molecule has 0 saturated carbocycles. The monoisotopic (exact) mass is 515 g/mol. The van der Waals surface area contributed by atoms with E-state index < -0.39 is 17.6 Å². The largest absolute Gasteiger partial charge is 0.497 e. The second-order valence-corrected chi connectivity index (χ2v) is 8.76. The highest BCUT2D eigenvalue weighted by Crippen LogP contribution is 2.40. The number of carbonyl (C=O) groups excluding carboxylic acids is 2. The lowest BCUT2D eigenvalue weighted by Gasteiger charge is -2.33. The van der Waals surface area contributed by atoms with E-state index in [-0.39, 0.29) is 12.3 Å². The van der Waals surface area contributed by atoms with E-state index in [4.69, 9.17) is 23.4 Å². The van der Waals surface area contributed by atoms with Gasteiger partial charge in [-0.05, 0) is 54.4 Å². The molecule has 194 valence electrons. The Labute approximate surface area is 218 Å². The van der Waals surface area contributed by atoms with Crippen LogP contribution in [0.3, 0.4) is 0 Å². The molecule has 0 unspecified atom stereocenters. The fourth-order valence-corrected chi connectivity index (χ4v) is 4.71. The van der Waals surface area contributed by atoms with Gasteiger partial charge in [-0.1, -0.05) is 12.1 Å². The molecule has 9 nitrogen and oxygen atoms in total. The molecule has 0 bridgehead atoms. The summed E-state index contributed by atoms with van der Waals surface area (Å²) in [7, 11) is 4.19. The van der Waals surface area contributed by atoms with Crippen molar-refractivity contribution in [2.45, 2.75) is 13.5 Å². The third kappa shape index (κ3) is 4.32. The van der Waals surface area contributed by atoms with Gasteiger partial charge in [0.2, 0.25) is 0 Å². The van der Waals surface area contributed by atoms with Gasteiger partial charge in [0.25, 0.3) is 0 Å². The van der Waals surface area contributed by atoms with E-state index in [0.29, 0.717) is 46.0 Å². The first kappa shape index (κ1) is 24.9. The third-order valence-electron chi connectivity index (χ3n) is 6.58. The molecule has 3 aromatic carbocycles. The lowest BCUT2D eigenvalue weighted by Crippen LogP contribution is -2.33. The molecule has 0 amide bonds. The number of benzene rings is 3. The smallest absolute Gasteiger partial charge is 0.339 e. The summed E-state index contributed by atoms with van der Waals surface area (Å²) in [6.45, 7) is 2.30. The van der Waals surface area contributed by atoms with E-state index in [9.17, 15) is 14.4 Å². The molecule has 0 aliphatic carbocycles. The third-order valence-corrected chi connectivity index (χ3v) is 6.58. The summed E-state index contributed by atoms with van der Waals surface area (Å²) in [6.07, 6.45) is 0. The van der Waals surface area contributed by atoms with Crippen molar-refractivity contribution in [2.75, 3.05) is 33.0 Å². The minimum atomic E-state index is -0.541. The Bertz CT molecular complexity index is 1620. The molecule has 1 aromatic heterocycles. The summed E-state index contributed by atoms with van der Waals surface area (Å²) >= 11 is 0. The van der Waals surface area contributed by atoms with Crippen LogP contribution in [0.5, 0.6) is 11.5 Å². The maximum absolute atomic E-state index is 12.5. The summed E-state index contributed by atoms with van der Waals surface area (Å²) in [5.74, 6) is 0.240. The van der Waals surface area contributed by atoms with Crippen molar-refractivity contribution >= 4 is 28.6 Å². The van der Waals surface area contributed by atoms with Crippen molar-refractivity contribution in [1.82, 2.24) is 0 Å². The summed E-state index contributed by atoms with van der Waals surface area (Å²) in [5, 5.41) is 0.743. The first-order valence-electron chi connectivity index (χ1n) is 11.8. The Morgan fingerprint density at radius 2 is 1.66 bits per heavy atom. The average Bonchev–Trinajstić information content (AvgIpc) is 2.96. The Morgan fingerprint density at radius 1 is 0.921 bits per heavy atom. The number of ether oxygens (including phenoxy) is 4. The Kier molecular flexibility index (Phi) is 6.50. The molecule has 0 atom stereocenters. The maximum atomic E-state index is 12.5. The number of esters is 2. The van der Waals surface area contributed by atoms with Gasteiger partial charge >= 0.3 is 17.6 Å². The quantitative estimate of drug-likeness (QED) is 0.276. The van der Waals surface area contributed by atoms with Crippen LogP contribution in [0.4, 0.5) is 5.69 Å². The molecule has 0 spiro atoms. The van der Waals surface area contributed by atoms with Crippen LogP contribution < -0.4 is 20.0 Å². The van der Waals surface area contributed by atoms with Crippen molar-refractivity contribution in [3.05, 3.63) is 87.3 Å². The molecule has 0 radical (unpaired) electrons. The van der Waals surface area contributed by atoms with Crippen LogP contribution in [0, 0.1) is 6.92 Å². The Morgan fingerprint density at radius 3 is 2.34 bits per heavy atom. The van der Waals surface area contributed by atoms with E-state index in [0.717, 1.165) is 16.5 Å². The normalized spacial score (nSPS) is 12.5. The Hall–Kier alpha value is -4.79. The molecule has 2 heterocycles. The van der Waals surface area contributed by atoms with Crippen LogP contribution in [0.1, 0.15) is 31.8 Å². The molecule has 0 fully saturated rings. The number of carbonyl (C=O) groups is 2. The van der Waals surface area contributed by atoms with Gasteiger partial charge in [-0.2, -0.15) is 0 Å². The molecule has 4 aromatic rings. The molecule has 0 N–H and O–H groups in total. The summed E-state index contributed by atoms with van der Waals surface area (Å²) in [6, 6.07) is 15.4. The van der Waals surface area contributed by atoms with Crippen LogP contribution in [-0.2, 0) is 16.0 Å². The van der Waals surface area contributed by atoms with Crippen LogP contribution in [0.25, 0.3) is 22.1 Å². The van der Waals surface area contributed by atoms with Gasteiger partial charge in [0.05, 0.1) is 38.1 Å². The van der Waals surface area contributed by atoms with Crippen LogP contribution in [-0.4, -0.2) is 40.0 Å². The topological polar surface area (TPSA) is 105 Å². The minimum absolute atomic E-state index is 0.0936. The first-order valence-corrected chi connectivity index (χ1v) is 11.8. The second kappa shape index (κ2) is 9.93. The highest BCUT2D eigenvalue weighted by molar-refractivity contribution is 6.00. The van der Waals surface area contributed by atoms with Gasteiger partial charge in [0.1, 0.15) is 17.1 Å². The standard InChI is InChI=1S/C29H25NO8/c1-16-26-19(11-23-22(13-25(31)38-27(16)23)17-5-8-20(34-2)9-6-17)14-30(15-37-26)24-12-18(28(32)35-3)7-10-21(24)29(33)36-4/h5-13H,14-15H2,1-4H3. The van der Waals surface area contributed by atoms with Crippen molar-refractivity contribution < 1.29 is 33.0 Å². The molecule has 1 aliphatic heterocycles. The predicted octanol–water partition coefficient (Wildman–Crippen LogP) is 4.71. The lowest BCUT2D eigenvalue weighted by molar-refractivity contribution is 0.0587. The molecule has 5 rings (SSSR count). The van der Waals surface area contributed by atoms with Gasteiger partial charge in [-0.15, -0.1) is 0 Å². The molecule has 9 heteroatoms. The van der Waals surface area contributed by atoms with Gasteiger partial charge in [-0.3, -0.25) is 0 Å². The molecular weight excluding hydrogens is 490 g/mol. The predicted molar refractivity (Wildman–Crippen MR) is 140 cm³/mol. The first-order chi connectivity index (χ1) is 18.3. The number of nitrogens with zero attached hydrogens (tertiary/aromatic N) is 1. The van der Waals surface area contributed by atoms with E-state index in [1.54, 1.807) is 13.2 Å². The number of aryl methyl sites for hydroxylation is 1. The van der Waals surface area contributed by atoms with Crippen molar-refractivity contribution in [1.29, 1.82) is 0 Å². The number of methoxy groups -OCH3 is 3. The average molecular weight is 516 g/mol.